The summed E-state index contributed by atoms with van der Waals surface area (Å²) in [5.41, 5.74) is 2.17. The normalized spacial score (nSPS) is 20.2. The van der Waals surface area contributed by atoms with Crippen molar-refractivity contribution in [3.05, 3.63) is 28.2 Å². The highest BCUT2D eigenvalue weighted by Gasteiger charge is 2.34. The van der Waals surface area contributed by atoms with E-state index in [-0.39, 0.29) is 5.84 Å². The average molecular weight is 337 g/mol. The van der Waals surface area contributed by atoms with E-state index in [0.29, 0.717) is 26.4 Å². The number of thioether (sulfide) groups is 1. The second-order valence-corrected chi connectivity index (χ2v) is 6.36. The van der Waals surface area contributed by atoms with Crippen LogP contribution in [0.1, 0.15) is 11.1 Å². The van der Waals surface area contributed by atoms with Crippen molar-refractivity contribution in [2.45, 2.75) is 0 Å². The number of nitrogens with one attached hydrogen (secondary N) is 3. The molecule has 2 aliphatic heterocycles. The summed E-state index contributed by atoms with van der Waals surface area (Å²) in [5.74, 6) is 1.53. The molecule has 2 heterocycles. The van der Waals surface area contributed by atoms with Gasteiger partial charge in [0.15, 0.2) is 0 Å². The summed E-state index contributed by atoms with van der Waals surface area (Å²) in [6.07, 6.45) is 0. The summed E-state index contributed by atoms with van der Waals surface area (Å²) in [4.78, 5) is 1.35. The van der Waals surface area contributed by atoms with Crippen molar-refractivity contribution in [2.75, 3.05) is 14.2 Å². The van der Waals surface area contributed by atoms with Gasteiger partial charge in [-0.05, 0) is 12.1 Å². The number of methoxy groups -OCH3 is 2. The first-order valence-electron chi connectivity index (χ1n) is 5.95. The minimum atomic E-state index is 0.254. The van der Waals surface area contributed by atoms with Crippen LogP contribution in [0.25, 0.3) is 5.70 Å². The van der Waals surface area contributed by atoms with Gasteiger partial charge >= 0.3 is 0 Å². The standard InChI is InChI=1S/C13H11N3O2S3/c1-17-5-3-4-6(18-2)8-7(5)9(15-11(8)14)10-12(19)16-13(20)21-10/h3-4H,1-2H3,(H2,14,15)(H,16,19,20)/b10-9+. The predicted molar refractivity (Wildman–Crippen MR) is 92.4 cm³/mol. The maximum atomic E-state index is 8.17. The van der Waals surface area contributed by atoms with Crippen molar-refractivity contribution in [3.63, 3.8) is 0 Å². The van der Waals surface area contributed by atoms with Gasteiger partial charge in [0.05, 0.1) is 35.9 Å². The van der Waals surface area contributed by atoms with Crippen molar-refractivity contribution >= 4 is 57.0 Å². The number of fused-ring (bicyclic) bond motifs is 1. The molecule has 0 aromatic heterocycles. The highest BCUT2D eigenvalue weighted by molar-refractivity contribution is 8.27. The lowest BCUT2D eigenvalue weighted by atomic mass is 10.0. The Morgan fingerprint density at radius 1 is 1.05 bits per heavy atom. The molecule has 1 aromatic rings. The first kappa shape index (κ1) is 14.3. The van der Waals surface area contributed by atoms with Crippen LogP contribution in [-0.4, -0.2) is 29.4 Å². The predicted octanol–water partition coefficient (Wildman–Crippen LogP) is 2.25. The van der Waals surface area contributed by atoms with Gasteiger partial charge in [-0.1, -0.05) is 36.2 Å². The minimum absolute atomic E-state index is 0.254. The SMILES string of the molecule is COc1ccc(OC)c2c1C(=N)N/C2=C1/SC(=S)NC1=S. The summed E-state index contributed by atoms with van der Waals surface area (Å²) < 4.78 is 11.4. The van der Waals surface area contributed by atoms with Crippen LogP contribution in [0.4, 0.5) is 0 Å². The quantitative estimate of drug-likeness (QED) is 0.565. The minimum Gasteiger partial charge on any atom is -0.496 e. The van der Waals surface area contributed by atoms with E-state index < -0.39 is 0 Å². The van der Waals surface area contributed by atoms with E-state index in [9.17, 15) is 0 Å². The lowest BCUT2D eigenvalue weighted by Gasteiger charge is -2.11. The van der Waals surface area contributed by atoms with E-state index in [4.69, 9.17) is 39.3 Å². The Kier molecular flexibility index (Phi) is 3.60. The molecule has 0 amide bonds. The average Bonchev–Trinajstić information content (AvgIpc) is 2.98. The second kappa shape index (κ2) is 5.28. The maximum Gasteiger partial charge on any atom is 0.143 e. The molecule has 0 bridgehead atoms. The van der Waals surface area contributed by atoms with Gasteiger partial charge in [-0.3, -0.25) is 5.41 Å². The summed E-state index contributed by atoms with van der Waals surface area (Å²) in [6.45, 7) is 0. The summed E-state index contributed by atoms with van der Waals surface area (Å²) in [7, 11) is 3.17. The Hall–Kier alpha value is -1.64. The van der Waals surface area contributed by atoms with E-state index in [0.717, 1.165) is 16.2 Å². The van der Waals surface area contributed by atoms with Crippen LogP contribution in [0.3, 0.4) is 0 Å². The Labute approximate surface area is 136 Å². The zero-order valence-corrected chi connectivity index (χ0v) is 13.6. The Morgan fingerprint density at radius 3 is 2.19 bits per heavy atom. The zero-order chi connectivity index (χ0) is 15.1. The first-order chi connectivity index (χ1) is 10.1. The molecule has 1 fully saturated rings. The van der Waals surface area contributed by atoms with Gasteiger partial charge in [-0.15, -0.1) is 0 Å². The lowest BCUT2D eigenvalue weighted by Crippen LogP contribution is -2.18. The van der Waals surface area contributed by atoms with Crippen molar-refractivity contribution in [1.29, 1.82) is 5.41 Å². The van der Waals surface area contributed by atoms with E-state index in [1.165, 1.54) is 11.8 Å². The number of amidine groups is 1. The summed E-state index contributed by atoms with van der Waals surface area (Å²) in [6, 6.07) is 3.59. The molecule has 0 saturated carbocycles. The molecular weight excluding hydrogens is 326 g/mol. The van der Waals surface area contributed by atoms with Gasteiger partial charge in [-0.25, -0.2) is 0 Å². The molecular formula is C13H11N3O2S3. The van der Waals surface area contributed by atoms with Crippen LogP contribution < -0.4 is 20.1 Å². The van der Waals surface area contributed by atoms with E-state index in [1.54, 1.807) is 20.3 Å². The molecule has 0 spiro atoms. The molecule has 0 aliphatic carbocycles. The third-order valence-corrected chi connectivity index (χ3v) is 4.85. The fourth-order valence-corrected chi connectivity index (χ4v) is 3.85. The number of hydrogen-bond acceptors (Lipinski definition) is 6. The largest absolute Gasteiger partial charge is 0.496 e. The van der Waals surface area contributed by atoms with Gasteiger partial charge in [0.25, 0.3) is 0 Å². The smallest absolute Gasteiger partial charge is 0.143 e. The Balaban J connectivity index is 2.29. The van der Waals surface area contributed by atoms with Crippen molar-refractivity contribution in [1.82, 2.24) is 10.6 Å². The number of rotatable bonds is 2. The van der Waals surface area contributed by atoms with E-state index >= 15 is 0 Å². The number of hydrogen-bond donors (Lipinski definition) is 3. The zero-order valence-electron chi connectivity index (χ0n) is 11.2. The number of ether oxygens (including phenoxy) is 2. The molecule has 3 rings (SSSR count). The van der Waals surface area contributed by atoms with Gasteiger partial charge in [0.2, 0.25) is 0 Å². The maximum absolute atomic E-state index is 8.17. The summed E-state index contributed by atoms with van der Waals surface area (Å²) >= 11 is 11.8. The second-order valence-electron chi connectivity index (χ2n) is 4.27. The third-order valence-electron chi connectivity index (χ3n) is 3.16. The van der Waals surface area contributed by atoms with Crippen LogP contribution in [0.5, 0.6) is 11.5 Å². The third kappa shape index (κ3) is 2.19. The van der Waals surface area contributed by atoms with E-state index in [2.05, 4.69) is 10.6 Å². The monoisotopic (exact) mass is 337 g/mol. The topological polar surface area (TPSA) is 66.4 Å². The molecule has 0 radical (unpaired) electrons. The number of benzene rings is 1. The highest BCUT2D eigenvalue weighted by atomic mass is 32.2. The van der Waals surface area contributed by atoms with Gasteiger partial charge < -0.3 is 20.1 Å². The molecule has 2 aliphatic rings. The first-order valence-corrected chi connectivity index (χ1v) is 7.58. The van der Waals surface area contributed by atoms with Crippen molar-refractivity contribution in [3.8, 4) is 11.5 Å². The molecule has 1 saturated heterocycles. The molecule has 8 heteroatoms. The van der Waals surface area contributed by atoms with Crippen LogP contribution in [-0.2, 0) is 0 Å². The molecule has 108 valence electrons. The molecule has 3 N–H and O–H groups in total. The van der Waals surface area contributed by atoms with Crippen LogP contribution in [0.2, 0.25) is 0 Å². The molecule has 5 nitrogen and oxygen atoms in total. The van der Waals surface area contributed by atoms with Crippen LogP contribution >= 0.6 is 36.2 Å². The number of thiocarbonyl (C=S) groups is 2. The van der Waals surface area contributed by atoms with E-state index in [1.807, 2.05) is 6.07 Å². The molecule has 0 atom stereocenters. The Bertz CT molecular complexity index is 728. The molecule has 1 aromatic carbocycles. The van der Waals surface area contributed by atoms with Crippen LogP contribution in [0.15, 0.2) is 17.0 Å². The van der Waals surface area contributed by atoms with Crippen molar-refractivity contribution < 1.29 is 9.47 Å². The lowest BCUT2D eigenvalue weighted by molar-refractivity contribution is 0.402. The van der Waals surface area contributed by atoms with Crippen LogP contribution in [0, 0.1) is 5.41 Å². The van der Waals surface area contributed by atoms with Gasteiger partial charge in [-0.2, -0.15) is 0 Å². The fraction of sp³-hybridized carbons (Fsp3) is 0.154. The fourth-order valence-electron chi connectivity index (χ4n) is 2.30. The molecule has 0 unspecified atom stereocenters. The highest BCUT2D eigenvalue weighted by Crippen LogP contribution is 2.43. The Morgan fingerprint density at radius 2 is 1.67 bits per heavy atom. The van der Waals surface area contributed by atoms with Gasteiger partial charge in [0.1, 0.15) is 26.6 Å². The van der Waals surface area contributed by atoms with Gasteiger partial charge in [0, 0.05) is 0 Å². The van der Waals surface area contributed by atoms with Crippen molar-refractivity contribution in [2.24, 2.45) is 0 Å². The summed E-state index contributed by atoms with van der Waals surface area (Å²) in [5, 5.41) is 14.2. The molecule has 21 heavy (non-hydrogen) atoms.